The molecule has 2 fully saturated rings. The summed E-state index contributed by atoms with van der Waals surface area (Å²) in [5, 5.41) is 13.8. The number of ether oxygens (including phenoxy) is 5. The normalized spacial score (nSPS) is 34.7. The smallest absolute Gasteiger partial charge is 0.224 e. The van der Waals surface area contributed by atoms with E-state index in [0.29, 0.717) is 25.9 Å². The van der Waals surface area contributed by atoms with E-state index in [1.54, 1.807) is 14.2 Å². The average Bonchev–Trinajstić information content (AvgIpc) is 2.73. The SMILES string of the molecule is C=C1CC(CC(=O)NC(OC)C2CC(O)C(C)(C)C(CC(COC)OC)O2)OC(C)C1C. The number of hydrogen-bond donors (Lipinski definition) is 2. The summed E-state index contributed by atoms with van der Waals surface area (Å²) in [7, 11) is 4.79. The van der Waals surface area contributed by atoms with Gasteiger partial charge >= 0.3 is 0 Å². The molecule has 2 N–H and O–H groups in total. The maximum Gasteiger partial charge on any atom is 0.224 e. The van der Waals surface area contributed by atoms with E-state index in [9.17, 15) is 9.90 Å². The van der Waals surface area contributed by atoms with Crippen LogP contribution in [0.25, 0.3) is 0 Å². The zero-order valence-electron chi connectivity index (χ0n) is 20.8. The van der Waals surface area contributed by atoms with Gasteiger partial charge in [-0.2, -0.15) is 0 Å². The number of amides is 1. The zero-order chi connectivity index (χ0) is 24.1. The first-order chi connectivity index (χ1) is 15.0. The van der Waals surface area contributed by atoms with Gasteiger partial charge in [0.2, 0.25) is 5.91 Å². The lowest BCUT2D eigenvalue weighted by molar-refractivity contribution is -0.216. The van der Waals surface area contributed by atoms with Gasteiger partial charge in [0.05, 0.1) is 43.5 Å². The second-order valence-corrected chi connectivity index (χ2v) is 9.83. The minimum absolute atomic E-state index is 0.0351. The van der Waals surface area contributed by atoms with Crippen molar-refractivity contribution in [3.63, 3.8) is 0 Å². The van der Waals surface area contributed by atoms with E-state index >= 15 is 0 Å². The topological polar surface area (TPSA) is 95.5 Å². The monoisotopic (exact) mass is 457 g/mol. The van der Waals surface area contributed by atoms with Crippen molar-refractivity contribution in [2.24, 2.45) is 11.3 Å². The highest BCUT2D eigenvalue weighted by Gasteiger charge is 2.47. The molecule has 32 heavy (non-hydrogen) atoms. The van der Waals surface area contributed by atoms with Crippen LogP contribution < -0.4 is 5.32 Å². The molecule has 8 atom stereocenters. The second kappa shape index (κ2) is 11.9. The third-order valence-corrected chi connectivity index (χ3v) is 7.20. The van der Waals surface area contributed by atoms with Crippen molar-refractivity contribution < 1.29 is 33.6 Å². The van der Waals surface area contributed by atoms with E-state index in [2.05, 4.69) is 18.8 Å². The molecule has 0 radical (unpaired) electrons. The number of methoxy groups -OCH3 is 3. The lowest BCUT2D eigenvalue weighted by Crippen LogP contribution is -2.58. The van der Waals surface area contributed by atoms with Gasteiger partial charge in [0.15, 0.2) is 6.23 Å². The number of nitrogens with one attached hydrogen (secondary N) is 1. The first-order valence-corrected chi connectivity index (χ1v) is 11.5. The zero-order valence-corrected chi connectivity index (χ0v) is 20.8. The summed E-state index contributed by atoms with van der Waals surface area (Å²) in [4.78, 5) is 12.8. The van der Waals surface area contributed by atoms with Crippen LogP contribution in [0.2, 0.25) is 0 Å². The molecule has 0 bridgehead atoms. The van der Waals surface area contributed by atoms with Crippen LogP contribution in [0.1, 0.15) is 53.4 Å². The van der Waals surface area contributed by atoms with Crippen molar-refractivity contribution >= 4 is 5.91 Å². The molecule has 0 saturated carbocycles. The standard InChI is InChI=1S/C24H43NO7/c1-14-9-17(31-16(3)15(14)2)11-22(27)25-23(30-8)19-12-20(26)24(4,5)21(32-19)10-18(29-7)13-28-6/h15-21,23,26H,1,9-13H2,2-8H3,(H,25,27). The highest BCUT2D eigenvalue weighted by atomic mass is 16.6. The number of aliphatic hydroxyl groups is 1. The first-order valence-electron chi connectivity index (χ1n) is 11.5. The fourth-order valence-corrected chi connectivity index (χ4v) is 4.52. The van der Waals surface area contributed by atoms with E-state index in [0.717, 1.165) is 5.57 Å². The van der Waals surface area contributed by atoms with Crippen LogP contribution in [0.15, 0.2) is 12.2 Å². The molecule has 8 nitrogen and oxygen atoms in total. The summed E-state index contributed by atoms with van der Waals surface area (Å²) in [5.74, 6) is 0.109. The van der Waals surface area contributed by atoms with Crippen LogP contribution in [0.4, 0.5) is 0 Å². The second-order valence-electron chi connectivity index (χ2n) is 9.83. The van der Waals surface area contributed by atoms with Crippen LogP contribution in [0.3, 0.4) is 0 Å². The van der Waals surface area contributed by atoms with Gasteiger partial charge in [0, 0.05) is 45.5 Å². The fourth-order valence-electron chi connectivity index (χ4n) is 4.52. The molecule has 0 aromatic heterocycles. The average molecular weight is 458 g/mol. The van der Waals surface area contributed by atoms with Crippen molar-refractivity contribution in [1.82, 2.24) is 5.32 Å². The van der Waals surface area contributed by atoms with Crippen LogP contribution >= 0.6 is 0 Å². The Bertz CT molecular complexity index is 625. The van der Waals surface area contributed by atoms with Gasteiger partial charge in [-0.3, -0.25) is 4.79 Å². The highest BCUT2D eigenvalue weighted by Crippen LogP contribution is 2.40. The van der Waals surface area contributed by atoms with E-state index in [4.69, 9.17) is 23.7 Å². The van der Waals surface area contributed by atoms with Crippen LogP contribution in [-0.2, 0) is 28.5 Å². The number of hydrogen-bond acceptors (Lipinski definition) is 7. The third kappa shape index (κ3) is 6.74. The molecule has 0 aromatic carbocycles. The first kappa shape index (κ1) is 27.2. The van der Waals surface area contributed by atoms with Gasteiger partial charge in [-0.1, -0.05) is 32.9 Å². The Kier molecular flexibility index (Phi) is 10.1. The molecule has 1 amide bonds. The fraction of sp³-hybridized carbons (Fsp3) is 0.875. The lowest BCUT2D eigenvalue weighted by atomic mass is 9.74. The minimum Gasteiger partial charge on any atom is -0.392 e. The molecule has 0 aromatic rings. The molecule has 2 heterocycles. The molecule has 0 spiro atoms. The summed E-state index contributed by atoms with van der Waals surface area (Å²) in [6.07, 6.45) is -0.596. The molecular weight excluding hydrogens is 414 g/mol. The molecule has 186 valence electrons. The van der Waals surface area contributed by atoms with Gasteiger partial charge < -0.3 is 34.1 Å². The molecule has 2 aliphatic rings. The van der Waals surface area contributed by atoms with Crippen molar-refractivity contribution in [2.45, 2.75) is 96.2 Å². The van der Waals surface area contributed by atoms with E-state index < -0.39 is 23.9 Å². The van der Waals surface area contributed by atoms with Crippen LogP contribution in [0, 0.1) is 11.3 Å². The largest absolute Gasteiger partial charge is 0.392 e. The Morgan fingerprint density at radius 3 is 2.50 bits per heavy atom. The Balaban J connectivity index is 2.01. The molecule has 2 saturated heterocycles. The number of carbonyl (C=O) groups is 1. The van der Waals surface area contributed by atoms with Crippen molar-refractivity contribution in [1.29, 1.82) is 0 Å². The number of rotatable bonds is 10. The molecule has 0 aliphatic carbocycles. The van der Waals surface area contributed by atoms with Gasteiger partial charge in [0.25, 0.3) is 0 Å². The van der Waals surface area contributed by atoms with E-state index in [1.807, 2.05) is 20.8 Å². The summed E-state index contributed by atoms with van der Waals surface area (Å²) in [6.45, 7) is 12.6. The van der Waals surface area contributed by atoms with Gasteiger partial charge in [-0.15, -0.1) is 0 Å². The van der Waals surface area contributed by atoms with Crippen molar-refractivity contribution in [3.8, 4) is 0 Å². The van der Waals surface area contributed by atoms with Gasteiger partial charge in [0.1, 0.15) is 6.10 Å². The molecule has 8 heteroatoms. The van der Waals surface area contributed by atoms with Crippen molar-refractivity contribution in [3.05, 3.63) is 12.2 Å². The van der Waals surface area contributed by atoms with Crippen LogP contribution in [-0.4, -0.2) is 81.8 Å². The molecular formula is C24H43NO7. The predicted molar refractivity (Wildman–Crippen MR) is 121 cm³/mol. The number of carbonyl (C=O) groups excluding carboxylic acids is 1. The molecule has 2 rings (SSSR count). The van der Waals surface area contributed by atoms with E-state index in [-0.39, 0.29) is 42.7 Å². The Morgan fingerprint density at radius 1 is 1.25 bits per heavy atom. The minimum atomic E-state index is -0.678. The maximum absolute atomic E-state index is 12.8. The molecule has 8 unspecified atom stereocenters. The highest BCUT2D eigenvalue weighted by molar-refractivity contribution is 5.76. The Labute approximate surface area is 193 Å². The lowest BCUT2D eigenvalue weighted by Gasteiger charge is -2.48. The van der Waals surface area contributed by atoms with Crippen molar-refractivity contribution in [2.75, 3.05) is 27.9 Å². The summed E-state index contributed by atoms with van der Waals surface area (Å²) >= 11 is 0. The number of aliphatic hydroxyl groups excluding tert-OH is 1. The van der Waals surface area contributed by atoms with Gasteiger partial charge in [-0.05, 0) is 13.3 Å². The molecule has 2 aliphatic heterocycles. The van der Waals surface area contributed by atoms with E-state index in [1.165, 1.54) is 7.11 Å². The maximum atomic E-state index is 12.8. The van der Waals surface area contributed by atoms with Crippen LogP contribution in [0.5, 0.6) is 0 Å². The summed E-state index contributed by atoms with van der Waals surface area (Å²) < 4.78 is 28.7. The van der Waals surface area contributed by atoms with Gasteiger partial charge in [-0.25, -0.2) is 0 Å². The summed E-state index contributed by atoms with van der Waals surface area (Å²) in [6, 6.07) is 0. The predicted octanol–water partition coefficient (Wildman–Crippen LogP) is 2.43. The summed E-state index contributed by atoms with van der Waals surface area (Å²) in [5.41, 5.74) is 0.629. The Morgan fingerprint density at radius 2 is 1.94 bits per heavy atom. The quantitative estimate of drug-likeness (QED) is 0.384. The Hall–Kier alpha value is -1.03. The third-order valence-electron chi connectivity index (χ3n) is 7.20.